The summed E-state index contributed by atoms with van der Waals surface area (Å²) in [6, 6.07) is 0. The maximum absolute atomic E-state index is 5.58. The van der Waals surface area contributed by atoms with Gasteiger partial charge in [-0.2, -0.15) is 0 Å². The molecular formula is C5H15N3OSi. The van der Waals surface area contributed by atoms with Crippen molar-refractivity contribution in [2.75, 3.05) is 6.61 Å². The van der Waals surface area contributed by atoms with E-state index in [4.69, 9.17) is 20.9 Å². The summed E-state index contributed by atoms with van der Waals surface area (Å²) in [6.45, 7) is 0.769. The molecule has 1 fully saturated rings. The largest absolute Gasteiger partial charge is 0.377 e. The minimum absolute atomic E-state index is 0.0266. The molecule has 0 radical (unpaired) electrons. The molecule has 6 N–H and O–H groups in total. The summed E-state index contributed by atoms with van der Waals surface area (Å²) in [5, 5.41) is 16.7. The Kier molecular flexibility index (Phi) is 2.43. The van der Waals surface area contributed by atoms with Crippen LogP contribution in [0.15, 0.2) is 0 Å². The van der Waals surface area contributed by atoms with Gasteiger partial charge in [0.25, 0.3) is 0 Å². The molecule has 10 heavy (non-hydrogen) atoms. The third-order valence-electron chi connectivity index (χ3n) is 1.74. The molecule has 1 atom stereocenters. The van der Waals surface area contributed by atoms with Crippen LogP contribution in [-0.2, 0) is 4.74 Å². The molecule has 1 unspecified atom stereocenters. The van der Waals surface area contributed by atoms with E-state index < -0.39 is 8.56 Å². The van der Waals surface area contributed by atoms with Crippen LogP contribution in [0.4, 0.5) is 0 Å². The first-order valence-corrected chi connectivity index (χ1v) is 5.90. The van der Waals surface area contributed by atoms with E-state index in [-0.39, 0.29) is 5.73 Å². The van der Waals surface area contributed by atoms with Crippen LogP contribution in [0.1, 0.15) is 19.3 Å². The van der Waals surface area contributed by atoms with E-state index in [1.165, 1.54) is 0 Å². The van der Waals surface area contributed by atoms with E-state index in [2.05, 4.69) is 0 Å². The first-order chi connectivity index (χ1) is 4.61. The fourth-order valence-electron chi connectivity index (χ4n) is 1.14. The summed E-state index contributed by atoms with van der Waals surface area (Å²) in [7, 11) is -2.48. The van der Waals surface area contributed by atoms with Crippen LogP contribution in [0.3, 0.4) is 0 Å². The minimum Gasteiger partial charge on any atom is -0.377 e. The zero-order valence-electron chi connectivity index (χ0n) is 6.05. The second kappa shape index (κ2) is 2.98. The highest BCUT2D eigenvalue weighted by molar-refractivity contribution is 6.71. The van der Waals surface area contributed by atoms with Gasteiger partial charge >= 0.3 is 8.56 Å². The molecular weight excluding hydrogens is 146 g/mol. The number of hydrogen-bond donors (Lipinski definition) is 3. The first kappa shape index (κ1) is 8.16. The summed E-state index contributed by atoms with van der Waals surface area (Å²) >= 11 is 0. The zero-order valence-corrected chi connectivity index (χ0v) is 7.05. The van der Waals surface area contributed by atoms with E-state index in [0.717, 1.165) is 25.9 Å². The van der Waals surface area contributed by atoms with E-state index in [9.17, 15) is 0 Å². The predicted molar refractivity (Wildman–Crippen MR) is 41.9 cm³/mol. The van der Waals surface area contributed by atoms with Crippen molar-refractivity contribution in [2.45, 2.75) is 25.0 Å². The molecule has 5 heteroatoms. The van der Waals surface area contributed by atoms with Gasteiger partial charge in [0.15, 0.2) is 0 Å². The zero-order chi connectivity index (χ0) is 7.61. The van der Waals surface area contributed by atoms with Crippen molar-refractivity contribution in [2.24, 2.45) is 16.2 Å². The van der Waals surface area contributed by atoms with Crippen LogP contribution in [0.25, 0.3) is 0 Å². The normalized spacial score (nSPS) is 28.5. The van der Waals surface area contributed by atoms with E-state index in [1.54, 1.807) is 0 Å². The smallest absolute Gasteiger partial charge is 0.303 e. The van der Waals surface area contributed by atoms with E-state index >= 15 is 0 Å². The monoisotopic (exact) mass is 161 g/mol. The molecule has 4 nitrogen and oxygen atoms in total. The topological polar surface area (TPSA) is 87.3 Å². The maximum atomic E-state index is 5.58. The van der Waals surface area contributed by atoms with Gasteiger partial charge in [-0.1, -0.05) is 0 Å². The maximum Gasteiger partial charge on any atom is 0.303 e. The molecule has 1 saturated heterocycles. The minimum atomic E-state index is -2.48. The Balaban J connectivity index is 2.39. The number of hydrogen-bond acceptors (Lipinski definition) is 4. The molecule has 1 aliphatic heterocycles. The lowest BCUT2D eigenvalue weighted by atomic mass is 10.2. The molecule has 0 amide bonds. The third-order valence-corrected chi connectivity index (χ3v) is 3.31. The Morgan fingerprint density at radius 3 is 2.20 bits per heavy atom. The Hall–Kier alpha value is 0.0569. The van der Waals surface area contributed by atoms with Crippen LogP contribution in [-0.4, -0.2) is 20.9 Å². The lowest BCUT2D eigenvalue weighted by Crippen LogP contribution is -2.73. The summed E-state index contributed by atoms with van der Waals surface area (Å²) in [4.78, 5) is 0. The van der Waals surface area contributed by atoms with Crippen LogP contribution < -0.4 is 16.2 Å². The highest BCUT2D eigenvalue weighted by Crippen LogP contribution is 2.13. The van der Waals surface area contributed by atoms with Crippen molar-refractivity contribution >= 4 is 8.56 Å². The van der Waals surface area contributed by atoms with Crippen molar-refractivity contribution in [3.8, 4) is 0 Å². The molecule has 0 bridgehead atoms. The molecule has 1 aliphatic rings. The molecule has 0 aromatic carbocycles. The van der Waals surface area contributed by atoms with Crippen molar-refractivity contribution in [1.82, 2.24) is 0 Å². The van der Waals surface area contributed by atoms with E-state index in [1.807, 2.05) is 0 Å². The van der Waals surface area contributed by atoms with E-state index in [0.29, 0.717) is 0 Å². The average Bonchev–Trinajstić information content (AvgIpc) is 1.88. The highest BCUT2D eigenvalue weighted by atomic mass is 28.4. The van der Waals surface area contributed by atoms with Gasteiger partial charge in [-0.3, -0.25) is 0 Å². The molecule has 0 aromatic rings. The summed E-state index contributed by atoms with van der Waals surface area (Å²) < 4.78 is 5.33. The lowest BCUT2D eigenvalue weighted by molar-refractivity contribution is 0.0586. The molecule has 1 rings (SSSR count). The van der Waals surface area contributed by atoms with Crippen molar-refractivity contribution in [3.63, 3.8) is 0 Å². The van der Waals surface area contributed by atoms with Crippen LogP contribution >= 0.6 is 0 Å². The molecule has 1 heterocycles. The standard InChI is InChI=1S/C5H15N3OSi/c6-10(7,8)5-3-1-2-4-9-5/h5H,1-4,6-8H2. The number of ether oxygens (including phenoxy) is 1. The van der Waals surface area contributed by atoms with Gasteiger partial charge in [-0.15, -0.1) is 0 Å². The van der Waals surface area contributed by atoms with Gasteiger partial charge in [0.2, 0.25) is 0 Å². The van der Waals surface area contributed by atoms with Gasteiger partial charge < -0.3 is 20.9 Å². The SMILES string of the molecule is N[Si](N)(N)C1CCCCO1. The Labute approximate surface area is 61.9 Å². The van der Waals surface area contributed by atoms with Crippen LogP contribution in [0.5, 0.6) is 0 Å². The average molecular weight is 161 g/mol. The van der Waals surface area contributed by atoms with Gasteiger partial charge in [-0.25, -0.2) is 0 Å². The lowest BCUT2D eigenvalue weighted by Gasteiger charge is -2.29. The fraction of sp³-hybridized carbons (Fsp3) is 1.00. The molecule has 0 aromatic heterocycles. The number of rotatable bonds is 1. The van der Waals surface area contributed by atoms with Gasteiger partial charge in [0.1, 0.15) is 0 Å². The van der Waals surface area contributed by atoms with Gasteiger partial charge in [0, 0.05) is 6.61 Å². The quantitative estimate of drug-likeness (QED) is 0.426. The molecule has 0 saturated carbocycles. The summed E-state index contributed by atoms with van der Waals surface area (Å²) in [6.07, 6.45) is 3.20. The molecule has 0 spiro atoms. The molecule has 60 valence electrons. The second-order valence-electron chi connectivity index (χ2n) is 2.86. The Morgan fingerprint density at radius 2 is 1.90 bits per heavy atom. The third kappa shape index (κ3) is 2.03. The van der Waals surface area contributed by atoms with Gasteiger partial charge in [0.05, 0.1) is 5.73 Å². The first-order valence-electron chi connectivity index (χ1n) is 3.59. The Bertz CT molecular complexity index is 108. The summed E-state index contributed by atoms with van der Waals surface area (Å²) in [5.41, 5.74) is -0.0266. The predicted octanol–water partition coefficient (Wildman–Crippen LogP) is -1.09. The van der Waals surface area contributed by atoms with Crippen molar-refractivity contribution in [3.05, 3.63) is 0 Å². The number of nitrogens with two attached hydrogens (primary N) is 3. The van der Waals surface area contributed by atoms with Gasteiger partial charge in [-0.05, 0) is 19.3 Å². The van der Waals surface area contributed by atoms with Crippen molar-refractivity contribution < 1.29 is 4.74 Å². The second-order valence-corrected chi connectivity index (χ2v) is 5.50. The highest BCUT2D eigenvalue weighted by Gasteiger charge is 2.32. The van der Waals surface area contributed by atoms with Crippen LogP contribution in [0.2, 0.25) is 0 Å². The Morgan fingerprint density at radius 1 is 1.20 bits per heavy atom. The molecule has 0 aliphatic carbocycles. The van der Waals surface area contributed by atoms with Crippen LogP contribution in [0, 0.1) is 0 Å². The fourth-order valence-corrected chi connectivity index (χ4v) is 2.25. The summed E-state index contributed by atoms with van der Waals surface area (Å²) in [5.74, 6) is 0. The van der Waals surface area contributed by atoms with Crippen molar-refractivity contribution in [1.29, 1.82) is 0 Å².